The number of amides is 3. The molecular weight excluding hydrogens is 430 g/mol. The van der Waals surface area contributed by atoms with E-state index < -0.39 is 0 Å². The fourth-order valence-electron chi connectivity index (χ4n) is 4.06. The normalized spacial score (nSPS) is 13.6. The molecule has 1 fully saturated rings. The Bertz CT molecular complexity index is 1180. The van der Waals surface area contributed by atoms with Crippen LogP contribution in [0.4, 0.5) is 16.2 Å². The lowest BCUT2D eigenvalue weighted by molar-refractivity contribution is 0.102. The molecule has 0 aliphatic carbocycles. The first-order chi connectivity index (χ1) is 16.5. The number of nitrogens with one attached hydrogen (secondary N) is 1. The zero-order valence-electron chi connectivity index (χ0n) is 19.7. The number of benzene rings is 3. The van der Waals surface area contributed by atoms with Crippen LogP contribution in [-0.2, 0) is 6.54 Å². The summed E-state index contributed by atoms with van der Waals surface area (Å²) in [7, 11) is 3.11. The van der Waals surface area contributed by atoms with Gasteiger partial charge in [-0.1, -0.05) is 24.3 Å². The summed E-state index contributed by atoms with van der Waals surface area (Å²) in [5.41, 5.74) is 4.10. The van der Waals surface area contributed by atoms with Gasteiger partial charge in [-0.2, -0.15) is 0 Å². The van der Waals surface area contributed by atoms with Crippen molar-refractivity contribution in [1.82, 2.24) is 4.90 Å². The van der Waals surface area contributed by atoms with Crippen molar-refractivity contribution in [1.29, 1.82) is 0 Å². The number of aryl methyl sites for hydroxylation is 1. The second kappa shape index (κ2) is 10.3. The number of anilines is 2. The smallest absolute Gasteiger partial charge is 0.324 e. The molecular formula is C27H29N3O4. The fraction of sp³-hybridized carbons (Fsp3) is 0.259. The van der Waals surface area contributed by atoms with Crippen molar-refractivity contribution in [3.63, 3.8) is 0 Å². The average molecular weight is 460 g/mol. The summed E-state index contributed by atoms with van der Waals surface area (Å²) >= 11 is 0. The molecule has 7 heteroatoms. The topological polar surface area (TPSA) is 71.1 Å². The maximum atomic E-state index is 13.2. The first-order valence-corrected chi connectivity index (χ1v) is 11.2. The highest BCUT2D eigenvalue weighted by Gasteiger charge is 2.27. The zero-order chi connectivity index (χ0) is 24.1. The van der Waals surface area contributed by atoms with Crippen molar-refractivity contribution in [2.24, 2.45) is 0 Å². The molecule has 4 rings (SSSR count). The zero-order valence-corrected chi connectivity index (χ0v) is 19.7. The molecule has 1 aliphatic rings. The van der Waals surface area contributed by atoms with E-state index in [1.807, 2.05) is 29.2 Å². The highest BCUT2D eigenvalue weighted by Crippen LogP contribution is 2.29. The van der Waals surface area contributed by atoms with E-state index in [1.165, 1.54) is 5.56 Å². The first kappa shape index (κ1) is 23.2. The lowest BCUT2D eigenvalue weighted by Crippen LogP contribution is -2.49. The molecule has 1 N–H and O–H groups in total. The molecule has 0 atom stereocenters. The Morgan fingerprint density at radius 2 is 1.74 bits per heavy atom. The Hall–Kier alpha value is -4.00. The van der Waals surface area contributed by atoms with Crippen LogP contribution in [0.5, 0.6) is 11.5 Å². The molecule has 0 radical (unpaired) electrons. The Kier molecular flexibility index (Phi) is 7.01. The highest BCUT2D eigenvalue weighted by molar-refractivity contribution is 6.05. The van der Waals surface area contributed by atoms with Crippen LogP contribution in [0.15, 0.2) is 66.7 Å². The second-order valence-electron chi connectivity index (χ2n) is 8.20. The number of urea groups is 1. The van der Waals surface area contributed by atoms with Crippen LogP contribution in [-0.4, -0.2) is 44.1 Å². The summed E-state index contributed by atoms with van der Waals surface area (Å²) in [4.78, 5) is 29.7. The van der Waals surface area contributed by atoms with E-state index in [0.29, 0.717) is 35.8 Å². The van der Waals surface area contributed by atoms with Crippen LogP contribution in [0.1, 0.15) is 27.9 Å². The van der Waals surface area contributed by atoms with Gasteiger partial charge in [-0.05, 0) is 60.9 Å². The van der Waals surface area contributed by atoms with Crippen LogP contribution in [0.25, 0.3) is 0 Å². The van der Waals surface area contributed by atoms with Crippen LogP contribution < -0.4 is 19.7 Å². The summed E-state index contributed by atoms with van der Waals surface area (Å²) in [5.74, 6) is 0.882. The standard InChI is InChI=1S/C27H29N3O4/c1-19-7-4-5-8-21(19)18-29-15-6-16-30(27(29)32)22-11-9-20(10-12-22)26(31)28-24-17-23(33-2)13-14-25(24)34-3/h4-5,7-14,17H,6,15-16,18H2,1-3H3,(H,28,31). The Labute approximate surface area is 199 Å². The molecule has 0 aromatic heterocycles. The minimum atomic E-state index is -0.274. The molecule has 1 heterocycles. The van der Waals surface area contributed by atoms with E-state index >= 15 is 0 Å². The van der Waals surface area contributed by atoms with Gasteiger partial charge >= 0.3 is 6.03 Å². The van der Waals surface area contributed by atoms with Gasteiger partial charge in [0.05, 0.1) is 19.9 Å². The minimum absolute atomic E-state index is 0.0205. The van der Waals surface area contributed by atoms with Crippen molar-refractivity contribution in [3.05, 3.63) is 83.4 Å². The van der Waals surface area contributed by atoms with Gasteiger partial charge in [0.1, 0.15) is 11.5 Å². The molecule has 3 aromatic carbocycles. The van der Waals surface area contributed by atoms with Crippen molar-refractivity contribution in [3.8, 4) is 11.5 Å². The maximum absolute atomic E-state index is 13.2. The lowest BCUT2D eigenvalue weighted by Gasteiger charge is -2.36. The molecule has 3 amide bonds. The molecule has 1 saturated heterocycles. The molecule has 3 aromatic rings. The number of carbonyl (C=O) groups is 2. The van der Waals surface area contributed by atoms with Gasteiger partial charge in [0, 0.05) is 37.0 Å². The fourth-order valence-corrected chi connectivity index (χ4v) is 4.06. The maximum Gasteiger partial charge on any atom is 0.324 e. The first-order valence-electron chi connectivity index (χ1n) is 11.2. The monoisotopic (exact) mass is 459 g/mol. The number of carbonyl (C=O) groups excluding carboxylic acids is 2. The molecule has 0 saturated carbocycles. The molecule has 0 spiro atoms. The Balaban J connectivity index is 1.46. The van der Waals surface area contributed by atoms with E-state index in [2.05, 4.69) is 24.4 Å². The Morgan fingerprint density at radius 1 is 0.971 bits per heavy atom. The summed E-state index contributed by atoms with van der Waals surface area (Å²) in [6, 6.07) is 20.4. The molecule has 34 heavy (non-hydrogen) atoms. The number of ether oxygens (including phenoxy) is 2. The van der Waals surface area contributed by atoms with Crippen molar-refractivity contribution < 1.29 is 19.1 Å². The largest absolute Gasteiger partial charge is 0.497 e. The number of nitrogens with zero attached hydrogens (tertiary/aromatic N) is 2. The van der Waals surface area contributed by atoms with Crippen LogP contribution in [0.2, 0.25) is 0 Å². The summed E-state index contributed by atoms with van der Waals surface area (Å²) < 4.78 is 10.6. The van der Waals surface area contributed by atoms with Crippen LogP contribution in [0, 0.1) is 6.92 Å². The predicted molar refractivity (Wildman–Crippen MR) is 133 cm³/mol. The summed E-state index contributed by atoms with van der Waals surface area (Å²) in [6.45, 7) is 4.03. The van der Waals surface area contributed by atoms with Crippen LogP contribution >= 0.6 is 0 Å². The quantitative estimate of drug-likeness (QED) is 0.534. The van der Waals surface area contributed by atoms with Crippen molar-refractivity contribution in [2.75, 3.05) is 37.5 Å². The Morgan fingerprint density at radius 3 is 2.44 bits per heavy atom. The van der Waals surface area contributed by atoms with Gasteiger partial charge in [0.2, 0.25) is 0 Å². The van der Waals surface area contributed by atoms with E-state index in [-0.39, 0.29) is 11.9 Å². The number of rotatable bonds is 7. The van der Waals surface area contributed by atoms with Gasteiger partial charge in [-0.15, -0.1) is 0 Å². The highest BCUT2D eigenvalue weighted by atomic mass is 16.5. The van der Waals surface area contributed by atoms with Crippen molar-refractivity contribution >= 4 is 23.3 Å². The lowest BCUT2D eigenvalue weighted by atomic mass is 10.1. The van der Waals surface area contributed by atoms with E-state index in [9.17, 15) is 9.59 Å². The second-order valence-corrected chi connectivity index (χ2v) is 8.20. The van der Waals surface area contributed by atoms with Gasteiger partial charge in [0.25, 0.3) is 5.91 Å². The van der Waals surface area contributed by atoms with Gasteiger partial charge < -0.3 is 19.7 Å². The number of hydrogen-bond donors (Lipinski definition) is 1. The molecule has 176 valence electrons. The van der Waals surface area contributed by atoms with Gasteiger partial charge in [0.15, 0.2) is 0 Å². The SMILES string of the molecule is COc1ccc(OC)c(NC(=O)c2ccc(N3CCCN(Cc4ccccc4C)C3=O)cc2)c1. The summed E-state index contributed by atoms with van der Waals surface area (Å²) in [5, 5.41) is 2.87. The average Bonchev–Trinajstić information content (AvgIpc) is 2.86. The molecule has 7 nitrogen and oxygen atoms in total. The van der Waals surface area contributed by atoms with Gasteiger partial charge in [-0.3, -0.25) is 9.69 Å². The van der Waals surface area contributed by atoms with E-state index in [1.54, 1.807) is 49.5 Å². The minimum Gasteiger partial charge on any atom is -0.497 e. The number of hydrogen-bond acceptors (Lipinski definition) is 4. The molecule has 0 bridgehead atoms. The van der Waals surface area contributed by atoms with E-state index in [0.717, 1.165) is 24.2 Å². The number of methoxy groups -OCH3 is 2. The third-order valence-electron chi connectivity index (χ3n) is 6.03. The third-order valence-corrected chi connectivity index (χ3v) is 6.03. The van der Waals surface area contributed by atoms with E-state index in [4.69, 9.17) is 9.47 Å². The van der Waals surface area contributed by atoms with Crippen molar-refractivity contribution in [2.45, 2.75) is 19.9 Å². The molecule has 1 aliphatic heterocycles. The summed E-state index contributed by atoms with van der Waals surface area (Å²) in [6.07, 6.45) is 0.884. The third kappa shape index (κ3) is 4.98. The molecule has 0 unspecified atom stereocenters. The predicted octanol–water partition coefficient (Wildman–Crippen LogP) is 5.10. The van der Waals surface area contributed by atoms with Crippen LogP contribution in [0.3, 0.4) is 0 Å². The van der Waals surface area contributed by atoms with Gasteiger partial charge in [-0.25, -0.2) is 4.79 Å².